The van der Waals surface area contributed by atoms with Crippen LogP contribution in [0.25, 0.3) is 0 Å². The Morgan fingerprint density at radius 1 is 1.25 bits per heavy atom. The van der Waals surface area contributed by atoms with Gasteiger partial charge in [0.25, 0.3) is 0 Å². The molecule has 0 bridgehead atoms. The summed E-state index contributed by atoms with van der Waals surface area (Å²) in [6.45, 7) is 0.867. The summed E-state index contributed by atoms with van der Waals surface area (Å²) < 4.78 is 30.0. The molecule has 28 heavy (non-hydrogen) atoms. The molecule has 0 unspecified atom stereocenters. The Morgan fingerprint density at radius 2 is 2.04 bits per heavy atom. The van der Waals surface area contributed by atoms with Crippen LogP contribution >= 0.6 is 22.9 Å². The fourth-order valence-corrected chi connectivity index (χ4v) is 6.98. The van der Waals surface area contributed by atoms with Gasteiger partial charge < -0.3 is 9.64 Å². The Morgan fingerprint density at radius 3 is 2.71 bits per heavy atom. The zero-order valence-corrected chi connectivity index (χ0v) is 17.8. The van der Waals surface area contributed by atoms with Gasteiger partial charge in [-0.3, -0.25) is 9.69 Å². The SMILES string of the molecule is COc1ccc(N2C(=O)CN(CCc3cccs3)[C@@H]3CS(=O)(=O)C[C@@H]32)cc1Cl. The number of hydrogen-bond acceptors (Lipinski definition) is 6. The van der Waals surface area contributed by atoms with Gasteiger partial charge in [0.1, 0.15) is 5.75 Å². The van der Waals surface area contributed by atoms with Crippen molar-refractivity contribution in [2.75, 3.05) is 36.6 Å². The van der Waals surface area contributed by atoms with Crippen molar-refractivity contribution in [2.45, 2.75) is 18.5 Å². The van der Waals surface area contributed by atoms with Gasteiger partial charge in [-0.2, -0.15) is 0 Å². The molecule has 1 amide bonds. The lowest BCUT2D eigenvalue weighted by molar-refractivity contribution is -0.123. The Hall–Kier alpha value is -1.61. The third kappa shape index (κ3) is 3.78. The molecule has 1 aromatic heterocycles. The number of hydrogen-bond donors (Lipinski definition) is 0. The first-order valence-electron chi connectivity index (χ1n) is 9.00. The Bertz CT molecular complexity index is 978. The second kappa shape index (κ2) is 7.67. The Kier molecular flexibility index (Phi) is 5.39. The summed E-state index contributed by atoms with van der Waals surface area (Å²) in [7, 11) is -1.69. The maximum absolute atomic E-state index is 13.0. The van der Waals surface area contributed by atoms with E-state index in [1.807, 2.05) is 16.3 Å². The predicted octanol–water partition coefficient (Wildman–Crippen LogP) is 2.47. The van der Waals surface area contributed by atoms with Gasteiger partial charge in [0, 0.05) is 23.2 Å². The first kappa shape index (κ1) is 19.7. The minimum atomic E-state index is -3.21. The summed E-state index contributed by atoms with van der Waals surface area (Å²) in [5.41, 5.74) is 0.612. The highest BCUT2D eigenvalue weighted by molar-refractivity contribution is 7.91. The number of halogens is 1. The van der Waals surface area contributed by atoms with E-state index in [2.05, 4.69) is 6.07 Å². The average Bonchev–Trinajstić information content (AvgIpc) is 3.26. The summed E-state index contributed by atoms with van der Waals surface area (Å²) in [5, 5.41) is 2.42. The second-order valence-electron chi connectivity index (χ2n) is 7.09. The summed E-state index contributed by atoms with van der Waals surface area (Å²) in [5.74, 6) is 0.465. The number of amides is 1. The van der Waals surface area contributed by atoms with Gasteiger partial charge in [0.2, 0.25) is 5.91 Å². The van der Waals surface area contributed by atoms with E-state index in [9.17, 15) is 13.2 Å². The number of anilines is 1. The molecular formula is C19H21ClN2O4S2. The number of thiophene rings is 1. The third-order valence-corrected chi connectivity index (χ3v) is 8.27. The zero-order valence-electron chi connectivity index (χ0n) is 15.4. The summed E-state index contributed by atoms with van der Waals surface area (Å²) in [6, 6.07) is 8.58. The van der Waals surface area contributed by atoms with Gasteiger partial charge in [-0.05, 0) is 36.1 Å². The number of sulfone groups is 1. The van der Waals surface area contributed by atoms with E-state index >= 15 is 0 Å². The van der Waals surface area contributed by atoms with Crippen molar-refractivity contribution in [1.82, 2.24) is 4.90 Å². The van der Waals surface area contributed by atoms with Gasteiger partial charge in [0.15, 0.2) is 9.84 Å². The minimum Gasteiger partial charge on any atom is -0.495 e. The van der Waals surface area contributed by atoms with Crippen LogP contribution in [0.2, 0.25) is 5.02 Å². The van der Waals surface area contributed by atoms with Crippen LogP contribution in [-0.2, 0) is 21.1 Å². The van der Waals surface area contributed by atoms with Crippen molar-refractivity contribution in [1.29, 1.82) is 0 Å². The predicted molar refractivity (Wildman–Crippen MR) is 111 cm³/mol. The molecule has 2 fully saturated rings. The maximum Gasteiger partial charge on any atom is 0.241 e. The molecule has 1 aromatic carbocycles. The summed E-state index contributed by atoms with van der Waals surface area (Å²) >= 11 is 7.91. The molecule has 0 spiro atoms. The van der Waals surface area contributed by atoms with Crippen LogP contribution in [0.15, 0.2) is 35.7 Å². The highest BCUT2D eigenvalue weighted by Crippen LogP contribution is 2.35. The van der Waals surface area contributed by atoms with Crippen molar-refractivity contribution >= 4 is 44.4 Å². The van der Waals surface area contributed by atoms with E-state index in [1.165, 1.54) is 12.0 Å². The lowest BCUT2D eigenvalue weighted by atomic mass is 10.0. The molecule has 0 radical (unpaired) electrons. The van der Waals surface area contributed by atoms with Gasteiger partial charge in [0.05, 0.1) is 36.2 Å². The fourth-order valence-electron chi connectivity index (χ4n) is 4.05. The highest BCUT2D eigenvalue weighted by atomic mass is 35.5. The van der Waals surface area contributed by atoms with Crippen LogP contribution in [-0.4, -0.2) is 63.0 Å². The quantitative estimate of drug-likeness (QED) is 0.714. The molecule has 4 rings (SSSR count). The number of methoxy groups -OCH3 is 1. The zero-order chi connectivity index (χ0) is 19.9. The number of carbonyl (C=O) groups is 1. The van der Waals surface area contributed by atoms with E-state index in [1.54, 1.807) is 34.4 Å². The molecule has 0 saturated carbocycles. The second-order valence-corrected chi connectivity index (χ2v) is 10.7. The van der Waals surface area contributed by atoms with Crippen LogP contribution in [0.1, 0.15) is 4.88 Å². The molecular weight excluding hydrogens is 420 g/mol. The molecule has 2 aromatic rings. The van der Waals surface area contributed by atoms with Crippen molar-refractivity contribution < 1.29 is 17.9 Å². The Balaban J connectivity index is 1.62. The molecule has 150 valence electrons. The number of rotatable bonds is 5. The number of nitrogens with zero attached hydrogens (tertiary/aromatic N) is 2. The number of piperazine rings is 1. The van der Waals surface area contributed by atoms with Crippen molar-refractivity contribution in [2.24, 2.45) is 0 Å². The van der Waals surface area contributed by atoms with Crippen molar-refractivity contribution in [3.05, 3.63) is 45.6 Å². The maximum atomic E-state index is 13.0. The van der Waals surface area contributed by atoms with E-state index in [-0.39, 0.29) is 30.0 Å². The van der Waals surface area contributed by atoms with E-state index in [0.717, 1.165) is 6.42 Å². The number of fused-ring (bicyclic) bond motifs is 1. The summed E-state index contributed by atoms with van der Waals surface area (Å²) in [6.07, 6.45) is 0.808. The molecule has 3 heterocycles. The number of benzene rings is 1. The Labute approximate surface area is 173 Å². The molecule has 9 heteroatoms. The first-order valence-corrected chi connectivity index (χ1v) is 12.1. The largest absolute Gasteiger partial charge is 0.495 e. The van der Waals surface area contributed by atoms with Crippen LogP contribution in [0, 0.1) is 0 Å². The van der Waals surface area contributed by atoms with Gasteiger partial charge >= 0.3 is 0 Å². The molecule has 2 aliphatic heterocycles. The van der Waals surface area contributed by atoms with Crippen LogP contribution in [0.5, 0.6) is 5.75 Å². The molecule has 2 saturated heterocycles. The monoisotopic (exact) mass is 440 g/mol. The van der Waals surface area contributed by atoms with Crippen LogP contribution in [0.4, 0.5) is 5.69 Å². The smallest absolute Gasteiger partial charge is 0.241 e. The lowest BCUT2D eigenvalue weighted by Gasteiger charge is -2.43. The van der Waals surface area contributed by atoms with Crippen LogP contribution in [0.3, 0.4) is 0 Å². The molecule has 0 aliphatic carbocycles. The fraction of sp³-hybridized carbons (Fsp3) is 0.421. The summed E-state index contributed by atoms with van der Waals surface area (Å²) in [4.78, 5) is 17.9. The van der Waals surface area contributed by atoms with E-state index in [0.29, 0.717) is 23.0 Å². The third-order valence-electron chi connectivity index (χ3n) is 5.34. The molecule has 0 N–H and O–H groups in total. The van der Waals surface area contributed by atoms with Crippen molar-refractivity contribution in [3.63, 3.8) is 0 Å². The lowest BCUT2D eigenvalue weighted by Crippen LogP contribution is -2.62. The van der Waals surface area contributed by atoms with E-state index < -0.39 is 15.9 Å². The highest BCUT2D eigenvalue weighted by Gasteiger charge is 2.49. The first-order chi connectivity index (χ1) is 13.4. The average molecular weight is 441 g/mol. The standard InChI is InChI=1S/C19H21ClN2O4S2/c1-26-18-5-4-13(9-15(18)20)22-17-12-28(24,25)11-16(17)21(10-19(22)23)7-6-14-3-2-8-27-14/h2-5,8-9,16-17H,6-7,10-12H2,1H3/t16-,17+/m1/s1. The molecule has 2 atom stereocenters. The van der Waals surface area contributed by atoms with Crippen LogP contribution < -0.4 is 9.64 Å². The van der Waals surface area contributed by atoms with E-state index in [4.69, 9.17) is 16.3 Å². The van der Waals surface area contributed by atoms with Gasteiger partial charge in [-0.1, -0.05) is 17.7 Å². The van der Waals surface area contributed by atoms with Crippen molar-refractivity contribution in [3.8, 4) is 5.75 Å². The number of carbonyl (C=O) groups excluding carboxylic acids is 1. The normalized spacial score (nSPS) is 24.4. The van der Waals surface area contributed by atoms with Gasteiger partial charge in [-0.25, -0.2) is 8.42 Å². The topological polar surface area (TPSA) is 66.9 Å². The minimum absolute atomic E-state index is 0.0252. The molecule has 2 aliphatic rings. The number of ether oxygens (including phenoxy) is 1. The molecule has 6 nitrogen and oxygen atoms in total. The van der Waals surface area contributed by atoms with Gasteiger partial charge in [-0.15, -0.1) is 11.3 Å².